The van der Waals surface area contributed by atoms with Crippen LogP contribution in [0.5, 0.6) is 0 Å². The van der Waals surface area contributed by atoms with E-state index in [0.717, 1.165) is 12.3 Å². The van der Waals surface area contributed by atoms with Crippen molar-refractivity contribution in [1.29, 1.82) is 0 Å². The van der Waals surface area contributed by atoms with Gasteiger partial charge in [0, 0.05) is 25.1 Å². The van der Waals surface area contributed by atoms with Crippen molar-refractivity contribution >= 4 is 21.8 Å². The van der Waals surface area contributed by atoms with Gasteiger partial charge in [0.2, 0.25) is 15.9 Å². The molecule has 0 heterocycles. The van der Waals surface area contributed by atoms with E-state index in [9.17, 15) is 18.0 Å². The van der Waals surface area contributed by atoms with Gasteiger partial charge in [-0.15, -0.1) is 0 Å². The maximum Gasteiger partial charge on any atom is 0.269 e. The minimum Gasteiger partial charge on any atom is -0.273 e. The van der Waals surface area contributed by atoms with Crippen LogP contribution in [0.3, 0.4) is 0 Å². The SMILES string of the molecule is CCN(CC)S(=O)(=O)c1cccc(C(=O)NNC(=O)CC2CC3CCC2C3)c1. The van der Waals surface area contributed by atoms with Gasteiger partial charge in [0.25, 0.3) is 5.91 Å². The number of carbonyl (C=O) groups is 2. The Balaban J connectivity index is 1.58. The third-order valence-corrected chi connectivity index (χ3v) is 8.13. The maximum absolute atomic E-state index is 12.6. The number of fused-ring (bicyclic) bond motifs is 2. The van der Waals surface area contributed by atoms with Crippen LogP contribution in [0.25, 0.3) is 0 Å². The molecule has 8 heteroatoms. The number of sulfonamides is 1. The molecular formula is C20H29N3O4S. The van der Waals surface area contributed by atoms with E-state index in [-0.39, 0.29) is 16.4 Å². The van der Waals surface area contributed by atoms with Gasteiger partial charge in [-0.25, -0.2) is 8.42 Å². The molecule has 2 amide bonds. The molecule has 3 unspecified atom stereocenters. The molecule has 0 aromatic heterocycles. The van der Waals surface area contributed by atoms with Crippen LogP contribution >= 0.6 is 0 Å². The lowest BCUT2D eigenvalue weighted by Gasteiger charge is -2.21. The predicted molar refractivity (Wildman–Crippen MR) is 106 cm³/mol. The molecule has 28 heavy (non-hydrogen) atoms. The molecule has 154 valence electrons. The normalized spacial score (nSPS) is 23.8. The van der Waals surface area contributed by atoms with E-state index in [1.165, 1.54) is 47.8 Å². The third kappa shape index (κ3) is 4.38. The van der Waals surface area contributed by atoms with Crippen molar-refractivity contribution in [3.63, 3.8) is 0 Å². The van der Waals surface area contributed by atoms with Crippen molar-refractivity contribution in [2.75, 3.05) is 13.1 Å². The highest BCUT2D eigenvalue weighted by molar-refractivity contribution is 7.89. The number of benzene rings is 1. The molecule has 0 radical (unpaired) electrons. The van der Waals surface area contributed by atoms with E-state index in [1.807, 2.05) is 0 Å². The summed E-state index contributed by atoms with van der Waals surface area (Å²) in [4.78, 5) is 24.6. The first-order chi connectivity index (χ1) is 13.3. The number of amides is 2. The number of nitrogens with one attached hydrogen (secondary N) is 2. The third-order valence-electron chi connectivity index (χ3n) is 6.09. The predicted octanol–water partition coefficient (Wildman–Crippen LogP) is 2.30. The zero-order valence-electron chi connectivity index (χ0n) is 16.5. The van der Waals surface area contributed by atoms with Crippen molar-refractivity contribution < 1.29 is 18.0 Å². The van der Waals surface area contributed by atoms with Gasteiger partial charge < -0.3 is 0 Å². The van der Waals surface area contributed by atoms with Crippen LogP contribution in [0.4, 0.5) is 0 Å². The summed E-state index contributed by atoms with van der Waals surface area (Å²) in [6, 6.07) is 5.87. The van der Waals surface area contributed by atoms with Crippen molar-refractivity contribution in [2.45, 2.75) is 50.8 Å². The standard InChI is InChI=1S/C20H29N3O4S/c1-3-23(4-2)28(26,27)18-7-5-6-16(12-18)20(25)22-21-19(24)13-17-11-14-8-9-15(17)10-14/h5-7,12,14-15,17H,3-4,8-11,13H2,1-2H3,(H,21,24)(H,22,25). The Morgan fingerprint density at radius 1 is 1.11 bits per heavy atom. The van der Waals surface area contributed by atoms with Crippen LogP contribution in [0.15, 0.2) is 29.2 Å². The summed E-state index contributed by atoms with van der Waals surface area (Å²) in [5.74, 6) is 1.11. The summed E-state index contributed by atoms with van der Waals surface area (Å²) in [6.45, 7) is 4.25. The molecule has 0 aliphatic heterocycles. The molecule has 3 atom stereocenters. The van der Waals surface area contributed by atoms with Crippen molar-refractivity contribution in [3.8, 4) is 0 Å². The number of hydrazine groups is 1. The van der Waals surface area contributed by atoms with E-state index in [4.69, 9.17) is 0 Å². The molecule has 2 bridgehead atoms. The maximum atomic E-state index is 12.6. The lowest BCUT2D eigenvalue weighted by molar-refractivity contribution is -0.123. The lowest BCUT2D eigenvalue weighted by Crippen LogP contribution is -2.42. The number of rotatable bonds is 7. The summed E-state index contributed by atoms with van der Waals surface area (Å²) in [5, 5.41) is 0. The smallest absolute Gasteiger partial charge is 0.269 e. The second-order valence-electron chi connectivity index (χ2n) is 7.76. The van der Waals surface area contributed by atoms with Gasteiger partial charge in [0.15, 0.2) is 0 Å². The van der Waals surface area contributed by atoms with Gasteiger partial charge >= 0.3 is 0 Å². The van der Waals surface area contributed by atoms with E-state index >= 15 is 0 Å². The Morgan fingerprint density at radius 2 is 1.86 bits per heavy atom. The zero-order valence-corrected chi connectivity index (χ0v) is 17.3. The van der Waals surface area contributed by atoms with Crippen LogP contribution in [0.2, 0.25) is 0 Å². The van der Waals surface area contributed by atoms with Gasteiger partial charge in [-0.1, -0.05) is 26.3 Å². The second-order valence-corrected chi connectivity index (χ2v) is 9.70. The average molecular weight is 408 g/mol. The topological polar surface area (TPSA) is 95.6 Å². The molecule has 7 nitrogen and oxygen atoms in total. The fourth-order valence-electron chi connectivity index (χ4n) is 4.62. The number of nitrogens with zero attached hydrogens (tertiary/aromatic N) is 1. The van der Waals surface area contributed by atoms with Crippen molar-refractivity contribution in [2.24, 2.45) is 17.8 Å². The first-order valence-corrected chi connectivity index (χ1v) is 11.5. The van der Waals surface area contributed by atoms with Crippen LogP contribution < -0.4 is 10.9 Å². The first-order valence-electron chi connectivity index (χ1n) is 10.0. The van der Waals surface area contributed by atoms with Gasteiger partial charge in [-0.05, 0) is 55.2 Å². The summed E-state index contributed by atoms with van der Waals surface area (Å²) in [6.07, 6.45) is 5.27. The fraction of sp³-hybridized carbons (Fsp3) is 0.600. The van der Waals surface area contributed by atoms with Crippen LogP contribution in [-0.2, 0) is 14.8 Å². The largest absolute Gasteiger partial charge is 0.273 e. The number of carbonyl (C=O) groups excluding carboxylic acids is 2. The van der Waals surface area contributed by atoms with Crippen LogP contribution in [-0.4, -0.2) is 37.6 Å². The Kier molecular flexibility index (Phi) is 6.40. The van der Waals surface area contributed by atoms with Crippen molar-refractivity contribution in [1.82, 2.24) is 15.2 Å². The lowest BCUT2D eigenvalue weighted by atomic mass is 9.86. The molecular weight excluding hydrogens is 378 g/mol. The van der Waals surface area contributed by atoms with E-state index in [1.54, 1.807) is 13.8 Å². The van der Waals surface area contributed by atoms with E-state index in [0.29, 0.717) is 31.3 Å². The highest BCUT2D eigenvalue weighted by Crippen LogP contribution is 2.49. The quantitative estimate of drug-likeness (QED) is 0.678. The molecule has 2 aliphatic rings. The Bertz CT molecular complexity index is 836. The van der Waals surface area contributed by atoms with Gasteiger partial charge in [-0.3, -0.25) is 20.4 Å². The van der Waals surface area contributed by atoms with Crippen LogP contribution in [0, 0.1) is 17.8 Å². The Morgan fingerprint density at radius 3 is 2.46 bits per heavy atom. The van der Waals surface area contributed by atoms with Gasteiger partial charge in [0.1, 0.15) is 0 Å². The second kappa shape index (κ2) is 8.61. The molecule has 1 aromatic rings. The molecule has 0 spiro atoms. The summed E-state index contributed by atoms with van der Waals surface area (Å²) >= 11 is 0. The highest BCUT2D eigenvalue weighted by atomic mass is 32.2. The summed E-state index contributed by atoms with van der Waals surface area (Å²) in [7, 11) is -3.64. The summed E-state index contributed by atoms with van der Waals surface area (Å²) in [5.41, 5.74) is 5.07. The molecule has 2 saturated carbocycles. The molecule has 2 fully saturated rings. The number of hydrogen-bond acceptors (Lipinski definition) is 4. The zero-order chi connectivity index (χ0) is 20.3. The molecule has 0 saturated heterocycles. The minimum absolute atomic E-state index is 0.0668. The van der Waals surface area contributed by atoms with Gasteiger partial charge in [0.05, 0.1) is 4.90 Å². The molecule has 2 N–H and O–H groups in total. The number of hydrogen-bond donors (Lipinski definition) is 2. The van der Waals surface area contributed by atoms with Crippen molar-refractivity contribution in [3.05, 3.63) is 29.8 Å². The van der Waals surface area contributed by atoms with E-state index in [2.05, 4.69) is 10.9 Å². The van der Waals surface area contributed by atoms with Crippen LogP contribution in [0.1, 0.15) is 56.3 Å². The van der Waals surface area contributed by atoms with E-state index < -0.39 is 15.9 Å². The summed E-state index contributed by atoms with van der Waals surface area (Å²) < 4.78 is 26.6. The Labute approximate surface area is 166 Å². The molecule has 3 rings (SSSR count). The monoisotopic (exact) mass is 407 g/mol. The minimum atomic E-state index is -3.64. The molecule has 2 aliphatic carbocycles. The average Bonchev–Trinajstić information content (AvgIpc) is 3.30. The van der Waals surface area contributed by atoms with Gasteiger partial charge in [-0.2, -0.15) is 4.31 Å². The molecule has 1 aromatic carbocycles. The fourth-order valence-corrected chi connectivity index (χ4v) is 6.13. The highest BCUT2D eigenvalue weighted by Gasteiger charge is 2.40. The first kappa shape index (κ1) is 20.8. The Hall–Kier alpha value is -1.93.